The first-order valence-electron chi connectivity index (χ1n) is 14.0. The van der Waals surface area contributed by atoms with Crippen LogP contribution in [0.25, 0.3) is 22.3 Å². The van der Waals surface area contributed by atoms with E-state index in [1.54, 1.807) is 18.5 Å². The third-order valence-corrected chi connectivity index (χ3v) is 9.33. The topological polar surface area (TPSA) is 76.5 Å². The quantitative estimate of drug-likeness (QED) is 0.254. The average Bonchev–Trinajstić information content (AvgIpc) is 3.58. The number of hydrogen-bond donors (Lipinski definition) is 2. The van der Waals surface area contributed by atoms with Gasteiger partial charge in [-0.2, -0.15) is 13.2 Å². The van der Waals surface area contributed by atoms with Gasteiger partial charge < -0.3 is 29.6 Å². The van der Waals surface area contributed by atoms with Crippen LogP contribution in [0, 0.1) is 5.92 Å². The van der Waals surface area contributed by atoms with Crippen LogP contribution in [0.3, 0.4) is 0 Å². The van der Waals surface area contributed by atoms with Crippen LogP contribution in [-0.4, -0.2) is 80.8 Å². The van der Waals surface area contributed by atoms with E-state index in [-0.39, 0.29) is 0 Å². The third kappa shape index (κ3) is 6.79. The highest BCUT2D eigenvalue weighted by Gasteiger charge is 2.45. The second kappa shape index (κ2) is 12.1. The van der Waals surface area contributed by atoms with Crippen LogP contribution in [0.5, 0.6) is 0 Å². The lowest BCUT2D eigenvalue weighted by Crippen LogP contribution is -2.43. The van der Waals surface area contributed by atoms with Gasteiger partial charge in [0.15, 0.2) is 0 Å². The number of alkyl halides is 3. The number of hydrogen-bond acceptors (Lipinski definition) is 7. The molecule has 0 aliphatic carbocycles. The van der Waals surface area contributed by atoms with E-state index in [2.05, 4.69) is 51.2 Å². The van der Waals surface area contributed by atoms with Gasteiger partial charge >= 0.3 is 6.18 Å². The monoisotopic (exact) mass is 576 g/mol. The standard InChI is InChI=1S/C28H39F3N6O2Si/c1-40(2,3)15-14-39-19-37-24(16-23-26(33-18-34-27(23)37)36-10-12-38-13-11-36)20-4-6-22(7-5-20)35-25(28(29,30)31)21-8-9-32-17-21/h4-7,16,18,21,25,32,35H,8-15,17,19H2,1-3H3/t21-,25?/m0/s1. The van der Waals surface area contributed by atoms with Crippen molar-refractivity contribution in [2.45, 2.75) is 51.1 Å². The van der Waals surface area contributed by atoms with Crippen molar-refractivity contribution in [3.63, 3.8) is 0 Å². The zero-order chi connectivity index (χ0) is 28.3. The van der Waals surface area contributed by atoms with Gasteiger partial charge in [0.25, 0.3) is 0 Å². The summed E-state index contributed by atoms with van der Waals surface area (Å²) in [5.41, 5.74) is 2.97. The first-order chi connectivity index (χ1) is 19.1. The Morgan fingerprint density at radius 3 is 2.55 bits per heavy atom. The van der Waals surface area contributed by atoms with Crippen molar-refractivity contribution in [3.05, 3.63) is 36.7 Å². The van der Waals surface area contributed by atoms with Crippen LogP contribution in [0.2, 0.25) is 25.7 Å². The van der Waals surface area contributed by atoms with Crippen molar-refractivity contribution in [1.29, 1.82) is 0 Å². The predicted molar refractivity (Wildman–Crippen MR) is 155 cm³/mol. The molecule has 218 valence electrons. The average molecular weight is 577 g/mol. The van der Waals surface area contributed by atoms with Crippen molar-refractivity contribution in [3.8, 4) is 11.3 Å². The van der Waals surface area contributed by atoms with Crippen molar-refractivity contribution in [2.75, 3.05) is 56.2 Å². The van der Waals surface area contributed by atoms with Crippen molar-refractivity contribution in [1.82, 2.24) is 19.9 Å². The summed E-state index contributed by atoms with van der Waals surface area (Å²) in [5.74, 6) is 0.361. The molecule has 1 aromatic carbocycles. The summed E-state index contributed by atoms with van der Waals surface area (Å²) in [7, 11) is -1.25. The highest BCUT2D eigenvalue weighted by molar-refractivity contribution is 6.76. The van der Waals surface area contributed by atoms with E-state index in [4.69, 9.17) is 9.47 Å². The van der Waals surface area contributed by atoms with Crippen LogP contribution < -0.4 is 15.5 Å². The Labute approximate surface area is 234 Å². The van der Waals surface area contributed by atoms with Crippen molar-refractivity contribution >= 4 is 30.6 Å². The smallest absolute Gasteiger partial charge is 0.378 e. The number of ether oxygens (including phenoxy) is 2. The summed E-state index contributed by atoms with van der Waals surface area (Å²) in [4.78, 5) is 11.4. The molecule has 0 bridgehead atoms. The number of aromatic nitrogens is 3. The number of morpholine rings is 1. The number of anilines is 2. The Bertz CT molecular complexity index is 1270. The highest BCUT2D eigenvalue weighted by atomic mass is 28.3. The largest absolute Gasteiger partial charge is 0.408 e. The van der Waals surface area contributed by atoms with Crippen LogP contribution in [0.4, 0.5) is 24.7 Å². The molecule has 5 rings (SSSR count). The van der Waals surface area contributed by atoms with Gasteiger partial charge in [-0.15, -0.1) is 0 Å². The van der Waals surface area contributed by atoms with E-state index in [0.717, 1.165) is 47.2 Å². The molecule has 2 saturated heterocycles. The predicted octanol–water partition coefficient (Wildman–Crippen LogP) is 5.20. The molecule has 0 radical (unpaired) electrons. The maximum Gasteiger partial charge on any atom is 0.408 e. The van der Waals surface area contributed by atoms with Gasteiger partial charge in [-0.1, -0.05) is 31.8 Å². The Hall–Kier alpha value is -2.67. The molecule has 4 heterocycles. The van der Waals surface area contributed by atoms with Gasteiger partial charge in [0.1, 0.15) is 30.6 Å². The normalized spacial score (nSPS) is 19.4. The molecule has 1 unspecified atom stereocenters. The number of nitrogens with zero attached hydrogens (tertiary/aromatic N) is 4. The van der Waals surface area contributed by atoms with E-state index in [9.17, 15) is 13.2 Å². The molecule has 2 N–H and O–H groups in total. The lowest BCUT2D eigenvalue weighted by atomic mass is 9.98. The van der Waals surface area contributed by atoms with Gasteiger partial charge in [0.05, 0.1) is 24.3 Å². The zero-order valence-electron chi connectivity index (χ0n) is 23.4. The second-order valence-electron chi connectivity index (χ2n) is 11.8. The molecule has 2 aliphatic heterocycles. The number of halogens is 3. The summed E-state index contributed by atoms with van der Waals surface area (Å²) >= 11 is 0. The van der Waals surface area contributed by atoms with Crippen molar-refractivity contribution in [2.24, 2.45) is 5.92 Å². The Balaban J connectivity index is 1.44. The van der Waals surface area contributed by atoms with Crippen molar-refractivity contribution < 1.29 is 22.6 Å². The van der Waals surface area contributed by atoms with E-state index < -0.39 is 26.2 Å². The molecule has 2 aromatic heterocycles. The maximum absolute atomic E-state index is 13.9. The molecule has 3 aromatic rings. The molecule has 0 amide bonds. The zero-order valence-corrected chi connectivity index (χ0v) is 24.4. The van der Waals surface area contributed by atoms with E-state index in [1.807, 2.05) is 16.7 Å². The Morgan fingerprint density at radius 2 is 1.90 bits per heavy atom. The molecule has 2 fully saturated rings. The SMILES string of the molecule is C[Si](C)(C)CCOCn1c(-c2ccc(NC([C@H]3CCNC3)C(F)(F)F)cc2)cc2c(N3CCOCC3)ncnc21. The highest BCUT2D eigenvalue weighted by Crippen LogP contribution is 2.35. The number of nitrogens with one attached hydrogen (secondary N) is 2. The molecule has 2 aliphatic rings. The molecule has 0 spiro atoms. The van der Waals surface area contributed by atoms with Gasteiger partial charge in [0.2, 0.25) is 0 Å². The Kier molecular flexibility index (Phi) is 8.69. The third-order valence-electron chi connectivity index (χ3n) is 7.62. The molecular weight excluding hydrogens is 537 g/mol. The fraction of sp³-hybridized carbons (Fsp3) is 0.571. The molecule has 40 heavy (non-hydrogen) atoms. The fourth-order valence-electron chi connectivity index (χ4n) is 5.33. The fourth-order valence-corrected chi connectivity index (χ4v) is 6.08. The van der Waals surface area contributed by atoms with Crippen LogP contribution in [0.15, 0.2) is 36.7 Å². The first kappa shape index (κ1) is 28.8. The number of benzene rings is 1. The van der Waals surface area contributed by atoms with Gasteiger partial charge in [0, 0.05) is 45.9 Å². The molecule has 0 saturated carbocycles. The van der Waals surface area contributed by atoms with E-state index in [1.165, 1.54) is 0 Å². The first-order valence-corrected chi connectivity index (χ1v) is 17.7. The van der Waals surface area contributed by atoms with Crippen LogP contribution in [0.1, 0.15) is 6.42 Å². The summed E-state index contributed by atoms with van der Waals surface area (Å²) < 4.78 is 55.3. The second-order valence-corrected chi connectivity index (χ2v) is 17.5. The van der Waals surface area contributed by atoms with Gasteiger partial charge in [-0.25, -0.2) is 9.97 Å². The number of fused-ring (bicyclic) bond motifs is 1. The lowest BCUT2D eigenvalue weighted by Gasteiger charge is -2.28. The Morgan fingerprint density at radius 1 is 1.15 bits per heavy atom. The lowest BCUT2D eigenvalue weighted by molar-refractivity contribution is -0.151. The number of rotatable bonds is 10. The summed E-state index contributed by atoms with van der Waals surface area (Å²) in [6.45, 7) is 11.7. The summed E-state index contributed by atoms with van der Waals surface area (Å²) in [6.07, 6.45) is -2.25. The minimum atomic E-state index is -4.33. The van der Waals surface area contributed by atoms with E-state index >= 15 is 0 Å². The maximum atomic E-state index is 13.9. The minimum Gasteiger partial charge on any atom is -0.378 e. The van der Waals surface area contributed by atoms with Gasteiger partial charge in [-0.3, -0.25) is 0 Å². The minimum absolute atomic E-state index is 0.327. The van der Waals surface area contributed by atoms with Crippen LogP contribution in [-0.2, 0) is 16.2 Å². The molecule has 12 heteroatoms. The molecule has 2 atom stereocenters. The summed E-state index contributed by atoms with van der Waals surface area (Å²) in [6, 6.07) is 8.68. The molecule has 8 nitrogen and oxygen atoms in total. The van der Waals surface area contributed by atoms with Crippen LogP contribution >= 0.6 is 0 Å². The summed E-state index contributed by atoms with van der Waals surface area (Å²) in [5, 5.41) is 6.72. The molecular formula is C28H39F3N6O2Si. The van der Waals surface area contributed by atoms with Gasteiger partial charge in [-0.05, 0) is 42.8 Å². The van der Waals surface area contributed by atoms with E-state index in [0.29, 0.717) is 51.7 Å².